The second-order valence-corrected chi connectivity index (χ2v) is 12.1. The molecule has 0 bridgehead atoms. The number of hydrogen-bond acceptors (Lipinski definition) is 8. The Bertz CT molecular complexity index is 679. The molecule has 2 N–H and O–H groups in total. The van der Waals surface area contributed by atoms with Crippen LogP contribution in [-0.4, -0.2) is 36.7 Å². The lowest BCUT2D eigenvalue weighted by atomic mass is 10.1. The van der Waals surface area contributed by atoms with Crippen LogP contribution in [0.3, 0.4) is 0 Å². The lowest BCUT2D eigenvalue weighted by molar-refractivity contribution is -0.644. The first kappa shape index (κ1) is 44.6. The van der Waals surface area contributed by atoms with Crippen molar-refractivity contribution in [1.29, 1.82) is 0 Å². The standard InChI is InChI=1S/C38H70O8/c1-5-7-9-11-13-15-17-19-21-23-25-27-29-31-33-35-37(41-3,43-39)45-46-38(42-4,44-40)36-34-32-30-28-26-24-22-20-18-16-14-12-10-8-6-2/h13-16,19-22,39-40H,5-12,17-18,23-36H2,1-4H3. The van der Waals surface area contributed by atoms with Crippen molar-refractivity contribution in [1.82, 2.24) is 0 Å². The maximum Gasteiger partial charge on any atom is 0.339 e. The van der Waals surface area contributed by atoms with Crippen molar-refractivity contribution in [3.63, 3.8) is 0 Å². The van der Waals surface area contributed by atoms with E-state index in [0.29, 0.717) is 12.8 Å². The van der Waals surface area contributed by atoms with E-state index >= 15 is 0 Å². The van der Waals surface area contributed by atoms with E-state index in [4.69, 9.17) is 19.2 Å². The highest BCUT2D eigenvalue weighted by Crippen LogP contribution is 2.29. The molecule has 0 amide bonds. The molecule has 0 fully saturated rings. The van der Waals surface area contributed by atoms with Crippen molar-refractivity contribution in [2.45, 2.75) is 180 Å². The van der Waals surface area contributed by atoms with Gasteiger partial charge in [-0.05, 0) is 77.0 Å². The van der Waals surface area contributed by atoms with Gasteiger partial charge in [-0.1, -0.05) is 127 Å². The monoisotopic (exact) mass is 655 g/mol. The number of hydrogen-bond donors (Lipinski definition) is 2. The number of ether oxygens (including phenoxy) is 2. The molecule has 0 saturated carbocycles. The molecule has 46 heavy (non-hydrogen) atoms. The van der Waals surface area contributed by atoms with Crippen molar-refractivity contribution in [2.75, 3.05) is 14.2 Å². The van der Waals surface area contributed by atoms with Crippen LogP contribution in [0.15, 0.2) is 48.6 Å². The number of methoxy groups -OCH3 is 2. The van der Waals surface area contributed by atoms with Crippen LogP contribution in [0.5, 0.6) is 0 Å². The summed E-state index contributed by atoms with van der Waals surface area (Å²) in [5, 5.41) is 19.1. The summed E-state index contributed by atoms with van der Waals surface area (Å²) in [7, 11) is 2.70. The Kier molecular flexibility index (Phi) is 32.5. The second kappa shape index (κ2) is 33.5. The van der Waals surface area contributed by atoms with Gasteiger partial charge in [0.05, 0.1) is 0 Å². The summed E-state index contributed by atoms with van der Waals surface area (Å²) in [6, 6.07) is 0. The second-order valence-electron chi connectivity index (χ2n) is 12.1. The zero-order chi connectivity index (χ0) is 33.9. The van der Waals surface area contributed by atoms with Crippen LogP contribution in [0.2, 0.25) is 0 Å². The van der Waals surface area contributed by atoms with Gasteiger partial charge in [-0.25, -0.2) is 10.5 Å². The molecule has 0 spiro atoms. The first-order valence-corrected chi connectivity index (χ1v) is 18.3. The predicted molar refractivity (Wildman–Crippen MR) is 188 cm³/mol. The third kappa shape index (κ3) is 25.7. The minimum Gasteiger partial charge on any atom is -0.327 e. The normalized spacial score (nSPS) is 15.2. The van der Waals surface area contributed by atoms with Gasteiger partial charge in [0.1, 0.15) is 0 Å². The summed E-state index contributed by atoms with van der Waals surface area (Å²) in [5.41, 5.74) is 0. The Morgan fingerprint density at radius 2 is 0.717 bits per heavy atom. The van der Waals surface area contributed by atoms with Gasteiger partial charge in [-0.15, -0.1) is 0 Å². The zero-order valence-electron chi connectivity index (χ0n) is 29.9. The molecule has 8 nitrogen and oxygen atoms in total. The SMILES string of the molecule is CCCCCC=CCC=CCCCCCCCC(OC)(OO)OOC(CCCCCCCC=CCC=CCCCCC)(OC)OO. The van der Waals surface area contributed by atoms with E-state index in [1.807, 2.05) is 0 Å². The quantitative estimate of drug-likeness (QED) is 0.0229. The summed E-state index contributed by atoms with van der Waals surface area (Å²) >= 11 is 0. The van der Waals surface area contributed by atoms with Gasteiger partial charge in [0, 0.05) is 27.1 Å². The molecule has 0 aromatic heterocycles. The topological polar surface area (TPSA) is 95.8 Å². The van der Waals surface area contributed by atoms with E-state index in [1.54, 1.807) is 0 Å². The molecule has 0 aromatic carbocycles. The first-order chi connectivity index (χ1) is 22.6. The third-order valence-electron chi connectivity index (χ3n) is 8.06. The maximum atomic E-state index is 9.56. The van der Waals surface area contributed by atoms with Crippen LogP contribution in [0, 0.1) is 0 Å². The van der Waals surface area contributed by atoms with Crippen LogP contribution >= 0.6 is 0 Å². The first-order valence-electron chi connectivity index (χ1n) is 18.3. The fraction of sp³-hybridized carbons (Fsp3) is 0.789. The molecule has 2 unspecified atom stereocenters. The molecule has 0 saturated heterocycles. The van der Waals surface area contributed by atoms with Crippen molar-refractivity contribution >= 4 is 0 Å². The summed E-state index contributed by atoms with van der Waals surface area (Å²) in [4.78, 5) is 19.7. The van der Waals surface area contributed by atoms with Crippen molar-refractivity contribution in [3.8, 4) is 0 Å². The molecule has 0 aromatic rings. The van der Waals surface area contributed by atoms with Gasteiger partial charge in [0.15, 0.2) is 0 Å². The largest absolute Gasteiger partial charge is 0.339 e. The van der Waals surface area contributed by atoms with Crippen LogP contribution in [0.1, 0.15) is 168 Å². The molecule has 0 radical (unpaired) electrons. The summed E-state index contributed by atoms with van der Waals surface area (Å²) < 4.78 is 10.6. The fourth-order valence-corrected chi connectivity index (χ4v) is 4.98. The zero-order valence-corrected chi connectivity index (χ0v) is 29.9. The molecule has 0 rings (SSSR count). The number of unbranched alkanes of at least 4 members (excludes halogenated alkanes) is 16. The Labute approximate surface area is 282 Å². The Morgan fingerprint density at radius 3 is 1.02 bits per heavy atom. The lowest BCUT2D eigenvalue weighted by Gasteiger charge is -2.32. The van der Waals surface area contributed by atoms with E-state index in [1.165, 1.54) is 65.6 Å². The summed E-state index contributed by atoms with van der Waals surface area (Å²) in [5.74, 6) is -3.71. The molecule has 0 heterocycles. The van der Waals surface area contributed by atoms with Gasteiger partial charge in [-0.3, -0.25) is 0 Å². The smallest absolute Gasteiger partial charge is 0.327 e. The summed E-state index contributed by atoms with van der Waals surface area (Å²) in [6.07, 6.45) is 42.6. The Morgan fingerprint density at radius 1 is 0.413 bits per heavy atom. The van der Waals surface area contributed by atoms with Gasteiger partial charge in [0.2, 0.25) is 0 Å². The van der Waals surface area contributed by atoms with E-state index in [-0.39, 0.29) is 12.8 Å². The van der Waals surface area contributed by atoms with Gasteiger partial charge >= 0.3 is 11.9 Å². The molecular weight excluding hydrogens is 584 g/mol. The fourth-order valence-electron chi connectivity index (χ4n) is 4.98. The molecule has 2 atom stereocenters. The molecule has 0 aliphatic rings. The Hall–Kier alpha value is -1.36. The molecule has 0 aliphatic carbocycles. The van der Waals surface area contributed by atoms with Gasteiger partial charge in [0.25, 0.3) is 0 Å². The predicted octanol–water partition coefficient (Wildman–Crippen LogP) is 12.1. The van der Waals surface area contributed by atoms with Crippen LogP contribution in [0.4, 0.5) is 0 Å². The van der Waals surface area contributed by atoms with Crippen molar-refractivity contribution < 1.29 is 39.5 Å². The van der Waals surface area contributed by atoms with Crippen molar-refractivity contribution in [2.24, 2.45) is 0 Å². The molecule has 270 valence electrons. The summed E-state index contributed by atoms with van der Waals surface area (Å²) in [6.45, 7) is 4.46. The average Bonchev–Trinajstić information content (AvgIpc) is 3.08. The Balaban J connectivity index is 4.17. The van der Waals surface area contributed by atoms with E-state index in [2.05, 4.69) is 72.2 Å². The number of rotatable bonds is 35. The highest BCUT2D eigenvalue weighted by molar-refractivity contribution is 4.93. The van der Waals surface area contributed by atoms with Crippen molar-refractivity contribution in [3.05, 3.63) is 48.6 Å². The van der Waals surface area contributed by atoms with Crippen LogP contribution < -0.4 is 0 Å². The number of allylic oxidation sites excluding steroid dienone is 8. The minimum absolute atomic E-state index is 0.222. The van der Waals surface area contributed by atoms with E-state index in [0.717, 1.165) is 77.0 Å². The van der Waals surface area contributed by atoms with Crippen LogP contribution in [-0.2, 0) is 29.0 Å². The van der Waals surface area contributed by atoms with Gasteiger partial charge in [-0.2, -0.15) is 19.6 Å². The average molecular weight is 655 g/mol. The lowest BCUT2D eigenvalue weighted by Crippen LogP contribution is -2.44. The molecular formula is C38H70O8. The molecule has 0 aliphatic heterocycles. The van der Waals surface area contributed by atoms with E-state index < -0.39 is 11.9 Å². The maximum absolute atomic E-state index is 9.56. The third-order valence-corrected chi connectivity index (χ3v) is 8.06. The highest BCUT2D eigenvalue weighted by atomic mass is 17.4. The van der Waals surface area contributed by atoms with Crippen LogP contribution in [0.25, 0.3) is 0 Å². The van der Waals surface area contributed by atoms with E-state index in [9.17, 15) is 10.5 Å². The highest BCUT2D eigenvalue weighted by Gasteiger charge is 2.42. The molecule has 8 heteroatoms. The minimum atomic E-state index is -1.85. The van der Waals surface area contributed by atoms with Gasteiger partial charge < -0.3 is 9.47 Å².